The molecule has 0 spiro atoms. The fourth-order valence-electron chi connectivity index (χ4n) is 2.45. The molecule has 0 saturated carbocycles. The van der Waals surface area contributed by atoms with Gasteiger partial charge in [-0.1, -0.05) is 18.5 Å². The Balaban J connectivity index is 1.98. The molecule has 1 N–H and O–H groups in total. The molecule has 2 rings (SSSR count). The van der Waals surface area contributed by atoms with Crippen LogP contribution in [0.1, 0.15) is 25.3 Å². The first kappa shape index (κ1) is 12.8. The van der Waals surface area contributed by atoms with Crippen molar-refractivity contribution < 1.29 is 0 Å². The van der Waals surface area contributed by atoms with Gasteiger partial charge in [0.05, 0.1) is 0 Å². The highest BCUT2D eigenvalue weighted by Crippen LogP contribution is 2.16. The Kier molecular flexibility index (Phi) is 4.77. The minimum atomic E-state index is 0.587. The Morgan fingerprint density at radius 3 is 2.88 bits per heavy atom. The first-order valence-corrected chi connectivity index (χ1v) is 6.72. The van der Waals surface area contributed by atoms with Gasteiger partial charge in [-0.25, -0.2) is 4.98 Å². The number of nitrogens with zero attached hydrogens (tertiary/aromatic N) is 2. The summed E-state index contributed by atoms with van der Waals surface area (Å²) in [6, 6.07) is 4.72. The van der Waals surface area contributed by atoms with Gasteiger partial charge in [0, 0.05) is 18.8 Å². The molecular weight excluding hydrogens is 234 g/mol. The smallest absolute Gasteiger partial charge is 0.129 e. The average molecular weight is 254 g/mol. The van der Waals surface area contributed by atoms with E-state index in [0.717, 1.165) is 26.2 Å². The van der Waals surface area contributed by atoms with E-state index in [1.54, 1.807) is 6.20 Å². The number of pyridine rings is 1. The second kappa shape index (κ2) is 6.34. The number of nitrogens with one attached hydrogen (secondary N) is 1. The Morgan fingerprint density at radius 1 is 1.47 bits per heavy atom. The summed E-state index contributed by atoms with van der Waals surface area (Å²) in [5, 5.41) is 4.00. The van der Waals surface area contributed by atoms with Gasteiger partial charge in [-0.3, -0.25) is 4.90 Å². The van der Waals surface area contributed by atoms with E-state index in [4.69, 9.17) is 11.6 Å². The van der Waals surface area contributed by atoms with Crippen LogP contribution < -0.4 is 5.32 Å². The van der Waals surface area contributed by atoms with Crippen LogP contribution in [0.25, 0.3) is 0 Å². The Hall–Kier alpha value is -0.640. The molecule has 0 aliphatic carbocycles. The first-order chi connectivity index (χ1) is 8.29. The van der Waals surface area contributed by atoms with E-state index in [9.17, 15) is 0 Å². The lowest BCUT2D eigenvalue weighted by atomic mass is 10.0. The first-order valence-electron chi connectivity index (χ1n) is 6.35. The van der Waals surface area contributed by atoms with E-state index in [0.29, 0.717) is 11.2 Å². The summed E-state index contributed by atoms with van der Waals surface area (Å²) in [6.45, 7) is 6.56. The van der Waals surface area contributed by atoms with Gasteiger partial charge < -0.3 is 5.32 Å². The maximum atomic E-state index is 5.92. The van der Waals surface area contributed by atoms with Crippen molar-refractivity contribution in [3.8, 4) is 0 Å². The molecule has 0 aromatic carbocycles. The van der Waals surface area contributed by atoms with E-state index >= 15 is 0 Å². The summed E-state index contributed by atoms with van der Waals surface area (Å²) in [4.78, 5) is 6.56. The van der Waals surface area contributed by atoms with Gasteiger partial charge in [0.2, 0.25) is 0 Å². The van der Waals surface area contributed by atoms with E-state index in [1.165, 1.54) is 18.4 Å². The SMILES string of the molecule is CCN(Cc1ccnc(Cl)c1)C1CCNCC1. The van der Waals surface area contributed by atoms with Crippen molar-refractivity contribution in [3.05, 3.63) is 29.0 Å². The van der Waals surface area contributed by atoms with Gasteiger partial charge in [-0.15, -0.1) is 0 Å². The zero-order chi connectivity index (χ0) is 12.1. The molecule has 4 heteroatoms. The summed E-state index contributed by atoms with van der Waals surface area (Å²) in [6.07, 6.45) is 4.27. The number of rotatable bonds is 4. The predicted molar refractivity (Wildman–Crippen MR) is 71.2 cm³/mol. The molecule has 3 nitrogen and oxygen atoms in total. The number of hydrogen-bond acceptors (Lipinski definition) is 3. The van der Waals surface area contributed by atoms with E-state index in [2.05, 4.69) is 28.2 Å². The number of aromatic nitrogens is 1. The highest BCUT2D eigenvalue weighted by atomic mass is 35.5. The Labute approximate surface area is 108 Å². The summed E-state index contributed by atoms with van der Waals surface area (Å²) in [5.74, 6) is 0. The third-order valence-corrected chi connectivity index (χ3v) is 3.61. The quantitative estimate of drug-likeness (QED) is 0.835. The molecule has 0 bridgehead atoms. The van der Waals surface area contributed by atoms with Crippen molar-refractivity contribution in [2.75, 3.05) is 19.6 Å². The Bertz CT molecular complexity index is 350. The summed E-state index contributed by atoms with van der Waals surface area (Å²) < 4.78 is 0. The molecule has 94 valence electrons. The van der Waals surface area contributed by atoms with Gasteiger partial charge in [-0.2, -0.15) is 0 Å². The van der Waals surface area contributed by atoms with Crippen LogP contribution >= 0.6 is 11.6 Å². The minimum absolute atomic E-state index is 0.587. The maximum absolute atomic E-state index is 5.92. The highest BCUT2D eigenvalue weighted by molar-refractivity contribution is 6.29. The topological polar surface area (TPSA) is 28.2 Å². The molecule has 1 aromatic heterocycles. The lowest BCUT2D eigenvalue weighted by Gasteiger charge is -2.33. The molecule has 17 heavy (non-hydrogen) atoms. The van der Waals surface area contributed by atoms with Crippen LogP contribution in [0, 0.1) is 0 Å². The second-order valence-electron chi connectivity index (χ2n) is 4.53. The van der Waals surface area contributed by atoms with Crippen molar-refractivity contribution in [3.63, 3.8) is 0 Å². The Morgan fingerprint density at radius 2 is 2.24 bits per heavy atom. The zero-order valence-electron chi connectivity index (χ0n) is 10.3. The number of halogens is 1. The molecule has 2 heterocycles. The van der Waals surface area contributed by atoms with Crippen molar-refractivity contribution in [1.29, 1.82) is 0 Å². The normalized spacial score (nSPS) is 17.6. The fraction of sp³-hybridized carbons (Fsp3) is 0.615. The lowest BCUT2D eigenvalue weighted by Crippen LogP contribution is -2.42. The molecule has 1 saturated heterocycles. The third-order valence-electron chi connectivity index (χ3n) is 3.41. The van der Waals surface area contributed by atoms with Gasteiger partial charge in [0.15, 0.2) is 0 Å². The predicted octanol–water partition coefficient (Wildman–Crippen LogP) is 2.31. The molecular formula is C13H20ClN3. The van der Waals surface area contributed by atoms with E-state index in [-0.39, 0.29) is 0 Å². The summed E-state index contributed by atoms with van der Waals surface area (Å²) in [7, 11) is 0. The van der Waals surface area contributed by atoms with Crippen molar-refractivity contribution >= 4 is 11.6 Å². The molecule has 0 radical (unpaired) electrons. The van der Waals surface area contributed by atoms with Crippen LogP contribution in [0.4, 0.5) is 0 Å². The van der Waals surface area contributed by atoms with Crippen molar-refractivity contribution in [2.45, 2.75) is 32.4 Å². The molecule has 1 fully saturated rings. The van der Waals surface area contributed by atoms with Gasteiger partial charge in [-0.05, 0) is 50.2 Å². The largest absolute Gasteiger partial charge is 0.317 e. The van der Waals surface area contributed by atoms with Crippen LogP contribution in [-0.2, 0) is 6.54 Å². The van der Waals surface area contributed by atoms with Crippen molar-refractivity contribution in [1.82, 2.24) is 15.2 Å². The molecule has 1 aliphatic rings. The zero-order valence-corrected chi connectivity index (χ0v) is 11.1. The van der Waals surface area contributed by atoms with E-state index < -0.39 is 0 Å². The summed E-state index contributed by atoms with van der Waals surface area (Å²) in [5.41, 5.74) is 1.25. The molecule has 0 amide bonds. The van der Waals surface area contributed by atoms with Gasteiger partial charge in [0.1, 0.15) is 5.15 Å². The minimum Gasteiger partial charge on any atom is -0.317 e. The molecule has 1 aromatic rings. The third kappa shape index (κ3) is 3.66. The standard InChI is InChI=1S/C13H20ClN3/c1-2-17(12-4-6-15-7-5-12)10-11-3-8-16-13(14)9-11/h3,8-9,12,15H,2,4-7,10H2,1H3. The second-order valence-corrected chi connectivity index (χ2v) is 4.92. The number of piperidine rings is 1. The van der Waals surface area contributed by atoms with Gasteiger partial charge in [0.25, 0.3) is 0 Å². The fourth-order valence-corrected chi connectivity index (χ4v) is 2.64. The summed E-state index contributed by atoms with van der Waals surface area (Å²) >= 11 is 5.92. The van der Waals surface area contributed by atoms with Crippen LogP contribution in [0.15, 0.2) is 18.3 Å². The lowest BCUT2D eigenvalue weighted by molar-refractivity contribution is 0.162. The van der Waals surface area contributed by atoms with Crippen molar-refractivity contribution in [2.24, 2.45) is 0 Å². The van der Waals surface area contributed by atoms with Crippen LogP contribution in [0.5, 0.6) is 0 Å². The van der Waals surface area contributed by atoms with Crippen LogP contribution in [-0.4, -0.2) is 35.6 Å². The molecule has 0 atom stereocenters. The number of hydrogen-bond donors (Lipinski definition) is 1. The van der Waals surface area contributed by atoms with Gasteiger partial charge >= 0.3 is 0 Å². The van der Waals surface area contributed by atoms with Crippen LogP contribution in [0.2, 0.25) is 5.15 Å². The average Bonchev–Trinajstić information content (AvgIpc) is 2.37. The molecule has 1 aliphatic heterocycles. The molecule has 0 unspecified atom stereocenters. The monoisotopic (exact) mass is 253 g/mol. The maximum Gasteiger partial charge on any atom is 0.129 e. The van der Waals surface area contributed by atoms with E-state index in [1.807, 2.05) is 6.07 Å². The highest BCUT2D eigenvalue weighted by Gasteiger charge is 2.19. The van der Waals surface area contributed by atoms with Crippen LogP contribution in [0.3, 0.4) is 0 Å².